The molecule has 0 radical (unpaired) electrons. The van der Waals surface area contributed by atoms with E-state index >= 15 is 0 Å². The van der Waals surface area contributed by atoms with Crippen LogP contribution in [0.3, 0.4) is 0 Å². The van der Waals surface area contributed by atoms with Crippen LogP contribution in [0, 0.1) is 0 Å². The first-order valence-electron chi connectivity index (χ1n) is 9.42. The number of aromatic nitrogens is 2. The summed E-state index contributed by atoms with van der Waals surface area (Å²) in [5.41, 5.74) is 0.901. The van der Waals surface area contributed by atoms with E-state index in [0.717, 1.165) is 12.0 Å². The number of likely N-dealkylation sites (tertiary alicyclic amines) is 1. The molecule has 7 heteroatoms. The van der Waals surface area contributed by atoms with Gasteiger partial charge in [0, 0.05) is 25.0 Å². The van der Waals surface area contributed by atoms with Crippen LogP contribution in [0.15, 0.2) is 34.9 Å². The molecule has 1 aliphatic heterocycles. The highest BCUT2D eigenvalue weighted by molar-refractivity contribution is 5.75. The molecule has 1 aliphatic rings. The quantitative estimate of drug-likeness (QED) is 0.788. The van der Waals surface area contributed by atoms with Gasteiger partial charge in [-0.3, -0.25) is 0 Å². The molecule has 2 aromatic rings. The Hall–Kier alpha value is -2.41. The van der Waals surface area contributed by atoms with Gasteiger partial charge in [0.25, 0.3) is 0 Å². The van der Waals surface area contributed by atoms with Crippen molar-refractivity contribution in [2.24, 2.45) is 0 Å². The maximum atomic E-state index is 12.3. The molecular formula is C20H28N4O3. The van der Waals surface area contributed by atoms with Crippen LogP contribution in [-0.4, -0.2) is 46.3 Å². The minimum absolute atomic E-state index is 0.0425. The summed E-state index contributed by atoms with van der Waals surface area (Å²) in [4.78, 5) is 18.6. The van der Waals surface area contributed by atoms with Gasteiger partial charge in [-0.1, -0.05) is 35.5 Å². The van der Waals surface area contributed by atoms with Crippen LogP contribution in [0.25, 0.3) is 0 Å². The highest BCUT2D eigenvalue weighted by Crippen LogP contribution is 2.26. The molecule has 27 heavy (non-hydrogen) atoms. The number of carbonyl (C=O) groups is 1. The second-order valence-electron chi connectivity index (χ2n) is 7.95. The van der Waals surface area contributed by atoms with Crippen LogP contribution in [0.5, 0.6) is 0 Å². The first-order valence-corrected chi connectivity index (χ1v) is 9.42. The molecule has 1 fully saturated rings. The van der Waals surface area contributed by atoms with Crippen LogP contribution in [-0.2, 0) is 17.8 Å². The van der Waals surface area contributed by atoms with Crippen molar-refractivity contribution in [3.63, 3.8) is 0 Å². The molecule has 2 amide bonds. The van der Waals surface area contributed by atoms with Gasteiger partial charge in [-0.15, -0.1) is 0 Å². The monoisotopic (exact) mass is 372 g/mol. The van der Waals surface area contributed by atoms with E-state index in [4.69, 9.17) is 9.26 Å². The zero-order valence-electron chi connectivity index (χ0n) is 16.3. The Bertz CT molecular complexity index is 739. The first kappa shape index (κ1) is 19.4. The van der Waals surface area contributed by atoms with E-state index in [0.29, 0.717) is 44.4 Å². The van der Waals surface area contributed by atoms with E-state index in [1.165, 1.54) is 0 Å². The van der Waals surface area contributed by atoms with Crippen molar-refractivity contribution in [3.8, 4) is 0 Å². The number of benzene rings is 1. The third kappa shape index (κ3) is 5.79. The molecule has 1 unspecified atom stereocenters. The van der Waals surface area contributed by atoms with Crippen LogP contribution < -0.4 is 5.32 Å². The molecular weight excluding hydrogens is 344 g/mol. The molecule has 0 saturated carbocycles. The smallest absolute Gasteiger partial charge is 0.317 e. The number of urea groups is 1. The maximum absolute atomic E-state index is 12.3. The van der Waals surface area contributed by atoms with Gasteiger partial charge in [-0.05, 0) is 32.8 Å². The van der Waals surface area contributed by atoms with Gasteiger partial charge < -0.3 is 19.5 Å². The zero-order chi connectivity index (χ0) is 19.3. The molecule has 2 heterocycles. The topological polar surface area (TPSA) is 80.5 Å². The van der Waals surface area contributed by atoms with Crippen molar-refractivity contribution in [1.29, 1.82) is 0 Å². The summed E-state index contributed by atoms with van der Waals surface area (Å²) in [6, 6.07) is 10.0. The minimum atomic E-state index is -0.243. The maximum Gasteiger partial charge on any atom is 0.317 e. The van der Waals surface area contributed by atoms with Crippen molar-refractivity contribution < 1.29 is 14.1 Å². The largest absolute Gasteiger partial charge is 0.376 e. The summed E-state index contributed by atoms with van der Waals surface area (Å²) in [5, 5.41) is 7.04. The van der Waals surface area contributed by atoms with Gasteiger partial charge in [-0.25, -0.2) is 4.79 Å². The summed E-state index contributed by atoms with van der Waals surface area (Å²) in [6.07, 6.45) is 1.45. The number of nitrogens with one attached hydrogen (secondary N) is 1. The number of amides is 2. The fourth-order valence-electron chi connectivity index (χ4n) is 3.01. The lowest BCUT2D eigenvalue weighted by molar-refractivity contribution is 0.122. The molecule has 0 spiro atoms. The number of nitrogens with zero attached hydrogens (tertiary/aromatic N) is 3. The number of hydrogen-bond donors (Lipinski definition) is 1. The molecule has 7 nitrogen and oxygen atoms in total. The van der Waals surface area contributed by atoms with E-state index in [2.05, 4.69) is 15.5 Å². The molecule has 1 saturated heterocycles. The lowest BCUT2D eigenvalue weighted by Crippen LogP contribution is -2.47. The number of hydrogen-bond acceptors (Lipinski definition) is 5. The Morgan fingerprint density at radius 3 is 2.85 bits per heavy atom. The zero-order valence-corrected chi connectivity index (χ0v) is 16.3. The predicted octanol–water partition coefficient (Wildman–Crippen LogP) is 3.13. The second kappa shape index (κ2) is 8.52. The fraction of sp³-hybridized carbons (Fsp3) is 0.550. The first-order chi connectivity index (χ1) is 12.9. The van der Waals surface area contributed by atoms with E-state index in [-0.39, 0.29) is 17.5 Å². The molecule has 146 valence electrons. The van der Waals surface area contributed by atoms with Gasteiger partial charge in [0.15, 0.2) is 5.82 Å². The molecule has 1 aromatic heterocycles. The van der Waals surface area contributed by atoms with Gasteiger partial charge in [0.1, 0.15) is 0 Å². The molecule has 1 atom stereocenters. The lowest BCUT2D eigenvalue weighted by atomic mass is 10.1. The highest BCUT2D eigenvalue weighted by atomic mass is 16.5. The fourth-order valence-corrected chi connectivity index (χ4v) is 3.01. The Kier molecular flexibility index (Phi) is 6.11. The van der Waals surface area contributed by atoms with Crippen molar-refractivity contribution in [2.75, 3.05) is 19.7 Å². The van der Waals surface area contributed by atoms with Crippen LogP contribution >= 0.6 is 0 Å². The minimum Gasteiger partial charge on any atom is -0.376 e. The van der Waals surface area contributed by atoms with Crippen molar-refractivity contribution in [2.45, 2.75) is 51.7 Å². The summed E-state index contributed by atoms with van der Waals surface area (Å²) in [6.45, 7) is 8.34. The van der Waals surface area contributed by atoms with Crippen LogP contribution in [0.1, 0.15) is 50.4 Å². The molecule has 1 aromatic carbocycles. The standard InChI is InChI=1S/C20H28N4O3/c1-20(2,3)22-19(25)24-11-9-16(13-24)18-21-17(23-27-18)10-12-26-14-15-7-5-4-6-8-15/h4-8,16H,9-14H2,1-3H3,(H,22,25). The van der Waals surface area contributed by atoms with Crippen LogP contribution in [0.4, 0.5) is 4.79 Å². The Labute approximate surface area is 160 Å². The van der Waals surface area contributed by atoms with E-state index < -0.39 is 0 Å². The Morgan fingerprint density at radius 2 is 2.11 bits per heavy atom. The molecule has 0 bridgehead atoms. The molecule has 1 N–H and O–H groups in total. The third-order valence-electron chi connectivity index (χ3n) is 4.37. The van der Waals surface area contributed by atoms with Gasteiger partial charge in [0.2, 0.25) is 5.89 Å². The summed E-state index contributed by atoms with van der Waals surface area (Å²) in [5.74, 6) is 1.36. The second-order valence-corrected chi connectivity index (χ2v) is 7.95. The average molecular weight is 372 g/mol. The van der Waals surface area contributed by atoms with Crippen molar-refractivity contribution >= 4 is 6.03 Å². The summed E-state index contributed by atoms with van der Waals surface area (Å²) >= 11 is 0. The van der Waals surface area contributed by atoms with E-state index in [1.807, 2.05) is 56.0 Å². The highest BCUT2D eigenvalue weighted by Gasteiger charge is 2.32. The predicted molar refractivity (Wildman–Crippen MR) is 101 cm³/mol. The van der Waals surface area contributed by atoms with Gasteiger partial charge >= 0.3 is 6.03 Å². The third-order valence-corrected chi connectivity index (χ3v) is 4.37. The number of carbonyl (C=O) groups excluding carboxylic acids is 1. The van der Waals surface area contributed by atoms with E-state index in [9.17, 15) is 4.79 Å². The number of ether oxygens (including phenoxy) is 1. The molecule has 3 rings (SSSR count). The number of rotatable bonds is 6. The summed E-state index contributed by atoms with van der Waals surface area (Å²) < 4.78 is 11.1. The van der Waals surface area contributed by atoms with Crippen LogP contribution in [0.2, 0.25) is 0 Å². The van der Waals surface area contributed by atoms with Gasteiger partial charge in [0.05, 0.1) is 19.1 Å². The SMILES string of the molecule is CC(C)(C)NC(=O)N1CCC(c2nc(CCOCc3ccccc3)no2)C1. The lowest BCUT2D eigenvalue weighted by Gasteiger charge is -2.25. The Morgan fingerprint density at radius 1 is 1.33 bits per heavy atom. The Balaban J connectivity index is 1.43. The van der Waals surface area contributed by atoms with Gasteiger partial charge in [-0.2, -0.15) is 4.98 Å². The summed E-state index contributed by atoms with van der Waals surface area (Å²) in [7, 11) is 0. The average Bonchev–Trinajstić information content (AvgIpc) is 3.27. The van der Waals surface area contributed by atoms with Crippen molar-refractivity contribution in [3.05, 3.63) is 47.6 Å². The molecule has 0 aliphatic carbocycles. The normalized spacial score (nSPS) is 17.3. The van der Waals surface area contributed by atoms with E-state index in [1.54, 1.807) is 0 Å². The van der Waals surface area contributed by atoms with Crippen molar-refractivity contribution in [1.82, 2.24) is 20.4 Å².